The van der Waals surface area contributed by atoms with Crippen molar-refractivity contribution in [3.8, 4) is 0 Å². The van der Waals surface area contributed by atoms with Gasteiger partial charge in [-0.25, -0.2) is 0 Å². The van der Waals surface area contributed by atoms with Crippen LogP contribution in [0.2, 0.25) is 0 Å². The predicted molar refractivity (Wildman–Crippen MR) is 88.8 cm³/mol. The average Bonchev–Trinajstić information content (AvgIpc) is 2.87. The van der Waals surface area contributed by atoms with E-state index in [1.807, 2.05) is 37.3 Å². The standard InChI is InChI=1S/C15H15BrN2O2S/c1-10-3-5-11(6-4-10)17-14(19)9-18(2)15(20)12-7-8-13(16)21-12/h3-8H,9H2,1-2H3,(H,17,19). The van der Waals surface area contributed by atoms with Gasteiger partial charge in [0.1, 0.15) is 0 Å². The van der Waals surface area contributed by atoms with Crippen molar-refractivity contribution in [2.45, 2.75) is 6.92 Å². The molecule has 1 heterocycles. The van der Waals surface area contributed by atoms with Gasteiger partial charge in [0.15, 0.2) is 0 Å². The minimum absolute atomic E-state index is 0.0161. The van der Waals surface area contributed by atoms with Crippen LogP contribution in [-0.2, 0) is 4.79 Å². The van der Waals surface area contributed by atoms with Gasteiger partial charge in [0, 0.05) is 12.7 Å². The predicted octanol–water partition coefficient (Wildman–Crippen LogP) is 3.53. The first kappa shape index (κ1) is 15.7. The van der Waals surface area contributed by atoms with Gasteiger partial charge in [-0.3, -0.25) is 9.59 Å². The average molecular weight is 367 g/mol. The summed E-state index contributed by atoms with van der Waals surface area (Å²) in [7, 11) is 1.62. The van der Waals surface area contributed by atoms with Gasteiger partial charge in [0.25, 0.3) is 5.91 Å². The molecule has 2 rings (SSSR count). The molecule has 2 aromatic rings. The Bertz CT molecular complexity index is 652. The number of hydrogen-bond donors (Lipinski definition) is 1. The molecule has 1 N–H and O–H groups in total. The summed E-state index contributed by atoms with van der Waals surface area (Å²) in [6.07, 6.45) is 0. The number of nitrogens with one attached hydrogen (secondary N) is 1. The lowest BCUT2D eigenvalue weighted by molar-refractivity contribution is -0.116. The molecular formula is C15H15BrN2O2S. The molecule has 0 saturated carbocycles. The van der Waals surface area contributed by atoms with Crippen molar-refractivity contribution in [3.63, 3.8) is 0 Å². The number of rotatable bonds is 4. The molecule has 4 nitrogen and oxygen atoms in total. The topological polar surface area (TPSA) is 49.4 Å². The third-order valence-corrected chi connectivity index (χ3v) is 4.46. The minimum Gasteiger partial charge on any atom is -0.332 e. The summed E-state index contributed by atoms with van der Waals surface area (Å²) in [4.78, 5) is 26.1. The molecule has 21 heavy (non-hydrogen) atoms. The number of carbonyl (C=O) groups excluding carboxylic acids is 2. The van der Waals surface area contributed by atoms with Crippen LogP contribution in [0, 0.1) is 6.92 Å². The van der Waals surface area contributed by atoms with Crippen LogP contribution in [0.4, 0.5) is 5.69 Å². The van der Waals surface area contributed by atoms with Crippen molar-refractivity contribution in [2.75, 3.05) is 18.9 Å². The zero-order valence-electron chi connectivity index (χ0n) is 11.7. The van der Waals surface area contributed by atoms with E-state index in [1.54, 1.807) is 13.1 Å². The summed E-state index contributed by atoms with van der Waals surface area (Å²) in [5, 5.41) is 2.77. The van der Waals surface area contributed by atoms with Crippen LogP contribution < -0.4 is 5.32 Å². The van der Waals surface area contributed by atoms with Crippen molar-refractivity contribution in [1.29, 1.82) is 0 Å². The molecule has 2 amide bonds. The second kappa shape index (κ2) is 6.87. The number of halogens is 1. The maximum atomic E-state index is 12.1. The molecule has 0 spiro atoms. The van der Waals surface area contributed by atoms with Crippen LogP contribution >= 0.6 is 27.3 Å². The summed E-state index contributed by atoms with van der Waals surface area (Å²) in [6, 6.07) is 11.1. The first-order chi connectivity index (χ1) is 9.95. The van der Waals surface area contributed by atoms with E-state index in [2.05, 4.69) is 21.2 Å². The lowest BCUT2D eigenvalue weighted by Gasteiger charge is -2.16. The maximum absolute atomic E-state index is 12.1. The highest BCUT2D eigenvalue weighted by molar-refractivity contribution is 9.11. The number of aryl methyl sites for hydroxylation is 1. The van der Waals surface area contributed by atoms with Crippen LogP contribution in [-0.4, -0.2) is 30.3 Å². The highest BCUT2D eigenvalue weighted by Crippen LogP contribution is 2.23. The Morgan fingerprint density at radius 2 is 1.86 bits per heavy atom. The molecule has 0 bridgehead atoms. The largest absolute Gasteiger partial charge is 0.332 e. The number of amides is 2. The van der Waals surface area contributed by atoms with Gasteiger partial charge in [-0.05, 0) is 47.1 Å². The second-order valence-electron chi connectivity index (χ2n) is 4.68. The van der Waals surface area contributed by atoms with Gasteiger partial charge in [0.2, 0.25) is 5.91 Å². The molecule has 1 aromatic heterocycles. The Kier molecular flexibility index (Phi) is 5.14. The third kappa shape index (κ3) is 4.41. The summed E-state index contributed by atoms with van der Waals surface area (Å²) in [5.41, 5.74) is 1.86. The van der Waals surface area contributed by atoms with Crippen molar-refractivity contribution >= 4 is 44.8 Å². The van der Waals surface area contributed by atoms with E-state index in [0.717, 1.165) is 15.0 Å². The van der Waals surface area contributed by atoms with Crippen molar-refractivity contribution in [2.24, 2.45) is 0 Å². The quantitative estimate of drug-likeness (QED) is 0.899. The highest BCUT2D eigenvalue weighted by atomic mass is 79.9. The summed E-state index contributed by atoms with van der Waals surface area (Å²) >= 11 is 4.67. The molecule has 0 aliphatic heterocycles. The Morgan fingerprint density at radius 3 is 2.43 bits per heavy atom. The second-order valence-corrected chi connectivity index (χ2v) is 7.14. The van der Waals surface area contributed by atoms with Gasteiger partial charge in [-0.2, -0.15) is 0 Å². The van der Waals surface area contributed by atoms with E-state index in [4.69, 9.17) is 0 Å². The summed E-state index contributed by atoms with van der Waals surface area (Å²) in [5.74, 6) is -0.380. The van der Waals surface area contributed by atoms with E-state index in [1.165, 1.54) is 16.2 Å². The van der Waals surface area contributed by atoms with E-state index in [-0.39, 0.29) is 18.4 Å². The van der Waals surface area contributed by atoms with Crippen molar-refractivity contribution in [3.05, 3.63) is 50.6 Å². The number of thiophene rings is 1. The van der Waals surface area contributed by atoms with Crippen LogP contribution in [0.5, 0.6) is 0 Å². The van der Waals surface area contributed by atoms with Crippen molar-refractivity contribution < 1.29 is 9.59 Å². The number of carbonyl (C=O) groups is 2. The van der Waals surface area contributed by atoms with E-state index in [0.29, 0.717) is 4.88 Å². The molecule has 0 atom stereocenters. The van der Waals surface area contributed by atoms with Crippen LogP contribution in [0.3, 0.4) is 0 Å². The fraction of sp³-hybridized carbons (Fsp3) is 0.200. The maximum Gasteiger partial charge on any atom is 0.264 e. The Hall–Kier alpha value is -1.66. The van der Waals surface area contributed by atoms with E-state index < -0.39 is 0 Å². The molecule has 110 valence electrons. The number of nitrogens with zero attached hydrogens (tertiary/aromatic N) is 1. The molecule has 0 unspecified atom stereocenters. The molecule has 0 aliphatic carbocycles. The summed E-state index contributed by atoms with van der Waals surface area (Å²) < 4.78 is 0.892. The van der Waals surface area contributed by atoms with Crippen LogP contribution in [0.25, 0.3) is 0 Å². The van der Waals surface area contributed by atoms with Gasteiger partial charge in [-0.15, -0.1) is 11.3 Å². The molecule has 1 aromatic carbocycles. The SMILES string of the molecule is Cc1ccc(NC(=O)CN(C)C(=O)c2ccc(Br)s2)cc1. The van der Waals surface area contributed by atoms with Gasteiger partial charge < -0.3 is 10.2 Å². The Labute approximate surface area is 135 Å². The van der Waals surface area contributed by atoms with Crippen molar-refractivity contribution in [1.82, 2.24) is 4.90 Å². The molecule has 0 aliphatic rings. The number of likely N-dealkylation sites (N-methyl/N-ethyl adjacent to an activating group) is 1. The van der Waals surface area contributed by atoms with Gasteiger partial charge >= 0.3 is 0 Å². The minimum atomic E-state index is -0.217. The zero-order chi connectivity index (χ0) is 15.4. The van der Waals surface area contributed by atoms with Gasteiger partial charge in [-0.1, -0.05) is 17.7 Å². The lowest BCUT2D eigenvalue weighted by Crippen LogP contribution is -2.34. The monoisotopic (exact) mass is 366 g/mol. The van der Waals surface area contributed by atoms with Gasteiger partial charge in [0.05, 0.1) is 15.2 Å². The van der Waals surface area contributed by atoms with E-state index in [9.17, 15) is 9.59 Å². The first-order valence-corrected chi connectivity index (χ1v) is 7.94. The summed E-state index contributed by atoms with van der Waals surface area (Å²) in [6.45, 7) is 2.00. The highest BCUT2D eigenvalue weighted by Gasteiger charge is 2.16. The van der Waals surface area contributed by atoms with Crippen LogP contribution in [0.1, 0.15) is 15.2 Å². The molecule has 6 heteroatoms. The zero-order valence-corrected chi connectivity index (χ0v) is 14.1. The van der Waals surface area contributed by atoms with E-state index >= 15 is 0 Å². The fourth-order valence-electron chi connectivity index (χ4n) is 1.74. The van der Waals surface area contributed by atoms with Crippen LogP contribution in [0.15, 0.2) is 40.2 Å². The molecule has 0 fully saturated rings. The normalized spacial score (nSPS) is 10.2. The Morgan fingerprint density at radius 1 is 1.19 bits per heavy atom. The first-order valence-electron chi connectivity index (χ1n) is 6.33. The number of anilines is 1. The molecular weight excluding hydrogens is 352 g/mol. The number of hydrogen-bond acceptors (Lipinski definition) is 3. The fourth-order valence-corrected chi connectivity index (χ4v) is 3.12. The third-order valence-electron chi connectivity index (χ3n) is 2.85. The lowest BCUT2D eigenvalue weighted by atomic mass is 10.2. The number of benzene rings is 1. The molecule has 0 saturated heterocycles. The molecule has 0 radical (unpaired) electrons. The smallest absolute Gasteiger partial charge is 0.264 e. The Balaban J connectivity index is 1.92.